The molecule has 20 heavy (non-hydrogen) atoms. The Hall–Kier alpha value is -1.49. The quantitative estimate of drug-likeness (QED) is 0.803. The summed E-state index contributed by atoms with van der Waals surface area (Å²) in [6, 6.07) is 7.40. The summed E-state index contributed by atoms with van der Waals surface area (Å²) >= 11 is 1.71. The smallest absolute Gasteiger partial charge is 0.332 e. The Morgan fingerprint density at radius 2 is 2.00 bits per heavy atom. The second-order valence-electron chi connectivity index (χ2n) is 5.25. The zero-order valence-electron chi connectivity index (χ0n) is 11.8. The van der Waals surface area contributed by atoms with E-state index in [1.807, 2.05) is 24.3 Å². The molecule has 1 fully saturated rings. The predicted molar refractivity (Wildman–Crippen MR) is 79.4 cm³/mol. The maximum Gasteiger partial charge on any atom is 0.332 e. The van der Waals surface area contributed by atoms with Gasteiger partial charge in [0.25, 0.3) is 0 Å². The first-order valence-corrected chi connectivity index (χ1v) is 7.41. The van der Waals surface area contributed by atoms with Gasteiger partial charge in [-0.3, -0.25) is 4.99 Å². The van der Waals surface area contributed by atoms with Crippen molar-refractivity contribution >= 4 is 22.8 Å². The topological polar surface area (TPSA) is 47.9 Å². The lowest BCUT2D eigenvalue weighted by molar-refractivity contribution is -0.142. The number of hydrogen-bond donors (Lipinski definition) is 0. The molecule has 0 aromatic heterocycles. The van der Waals surface area contributed by atoms with Gasteiger partial charge < -0.3 is 9.47 Å². The van der Waals surface area contributed by atoms with Crippen molar-refractivity contribution in [3.63, 3.8) is 0 Å². The van der Waals surface area contributed by atoms with Gasteiger partial charge in [0.15, 0.2) is 6.04 Å². The summed E-state index contributed by atoms with van der Waals surface area (Å²) in [4.78, 5) is 16.5. The van der Waals surface area contributed by atoms with Crippen molar-refractivity contribution in [3.8, 4) is 5.75 Å². The molecule has 0 radical (unpaired) electrons. The highest BCUT2D eigenvalue weighted by Crippen LogP contribution is 2.61. The number of carbonyl (C=O) groups excluding carboxylic acids is 1. The van der Waals surface area contributed by atoms with E-state index in [0.29, 0.717) is 5.92 Å². The number of esters is 1. The first-order valence-electron chi connectivity index (χ1n) is 6.60. The highest BCUT2D eigenvalue weighted by atomic mass is 32.2. The number of rotatable bonds is 3. The van der Waals surface area contributed by atoms with Crippen LogP contribution >= 0.6 is 11.8 Å². The maximum atomic E-state index is 11.9. The van der Waals surface area contributed by atoms with E-state index in [9.17, 15) is 4.79 Å². The van der Waals surface area contributed by atoms with Gasteiger partial charge in [-0.05, 0) is 36.6 Å². The first-order chi connectivity index (χ1) is 9.60. The minimum Gasteiger partial charge on any atom is -0.497 e. The van der Waals surface area contributed by atoms with Gasteiger partial charge in [0.1, 0.15) is 5.75 Å². The van der Waals surface area contributed by atoms with Crippen LogP contribution in [0.15, 0.2) is 29.3 Å². The van der Waals surface area contributed by atoms with Crippen LogP contribution in [0, 0.1) is 5.92 Å². The van der Waals surface area contributed by atoms with Crippen LogP contribution in [0.4, 0.5) is 0 Å². The van der Waals surface area contributed by atoms with Crippen molar-refractivity contribution in [1.29, 1.82) is 0 Å². The lowest BCUT2D eigenvalue weighted by Gasteiger charge is -2.13. The van der Waals surface area contributed by atoms with Gasteiger partial charge in [0.05, 0.1) is 24.0 Å². The fourth-order valence-corrected chi connectivity index (χ4v) is 4.23. The molecule has 1 aromatic carbocycles. The number of ether oxygens (including phenoxy) is 2. The molecular formula is C15H17NO3S. The van der Waals surface area contributed by atoms with Crippen molar-refractivity contribution in [2.45, 2.75) is 24.1 Å². The Labute approximate surface area is 122 Å². The third-order valence-corrected chi connectivity index (χ3v) is 5.76. The SMILES string of the molecule is COC(=O)C1N=C(c2ccc(OC)cc2)SC12CC2C. The minimum absolute atomic E-state index is 0.0810. The van der Waals surface area contributed by atoms with Crippen LogP contribution in [0.3, 0.4) is 0 Å². The Bertz CT molecular complexity index is 569. The van der Waals surface area contributed by atoms with E-state index in [1.165, 1.54) is 7.11 Å². The lowest BCUT2D eigenvalue weighted by Crippen LogP contribution is -2.31. The van der Waals surface area contributed by atoms with Crippen molar-refractivity contribution in [2.75, 3.05) is 14.2 Å². The largest absolute Gasteiger partial charge is 0.497 e. The molecule has 1 spiro atoms. The van der Waals surface area contributed by atoms with E-state index in [0.717, 1.165) is 22.8 Å². The average Bonchev–Trinajstić information content (AvgIpc) is 2.96. The summed E-state index contributed by atoms with van der Waals surface area (Å²) in [5.41, 5.74) is 1.03. The van der Waals surface area contributed by atoms with Crippen LogP contribution in [-0.2, 0) is 9.53 Å². The number of aliphatic imine (C=N–C) groups is 1. The van der Waals surface area contributed by atoms with E-state index in [-0.39, 0.29) is 16.8 Å². The molecule has 1 aliphatic heterocycles. The van der Waals surface area contributed by atoms with Crippen molar-refractivity contribution in [3.05, 3.63) is 29.8 Å². The van der Waals surface area contributed by atoms with Gasteiger partial charge in [-0.1, -0.05) is 18.7 Å². The van der Waals surface area contributed by atoms with Crippen LogP contribution in [-0.4, -0.2) is 36.0 Å². The van der Waals surface area contributed by atoms with E-state index in [2.05, 4.69) is 11.9 Å². The third-order valence-electron chi connectivity index (χ3n) is 4.06. The third kappa shape index (κ3) is 2.00. The predicted octanol–water partition coefficient (Wildman–Crippen LogP) is 2.51. The van der Waals surface area contributed by atoms with Crippen molar-refractivity contribution < 1.29 is 14.3 Å². The highest BCUT2D eigenvalue weighted by Gasteiger charge is 2.63. The molecule has 0 N–H and O–H groups in total. The van der Waals surface area contributed by atoms with Crippen LogP contribution < -0.4 is 4.74 Å². The first kappa shape index (κ1) is 13.5. The zero-order chi connectivity index (χ0) is 14.3. The molecule has 0 bridgehead atoms. The molecule has 1 saturated carbocycles. The maximum absolute atomic E-state index is 11.9. The highest BCUT2D eigenvalue weighted by molar-refractivity contribution is 8.16. The molecule has 3 unspecified atom stereocenters. The van der Waals surface area contributed by atoms with Gasteiger partial charge in [0.2, 0.25) is 0 Å². The fraction of sp³-hybridized carbons (Fsp3) is 0.467. The molecule has 106 valence electrons. The molecule has 5 heteroatoms. The van der Waals surface area contributed by atoms with Crippen LogP contribution in [0.25, 0.3) is 0 Å². The molecule has 0 saturated heterocycles. The number of nitrogens with zero attached hydrogens (tertiary/aromatic N) is 1. The molecule has 3 atom stereocenters. The van der Waals surface area contributed by atoms with Gasteiger partial charge in [-0.2, -0.15) is 0 Å². The summed E-state index contributed by atoms with van der Waals surface area (Å²) in [6.45, 7) is 2.16. The fourth-order valence-electron chi connectivity index (χ4n) is 2.66. The number of hydrogen-bond acceptors (Lipinski definition) is 5. The molecule has 2 aliphatic rings. The normalized spacial score (nSPS) is 31.1. The minimum atomic E-state index is -0.371. The van der Waals surface area contributed by atoms with E-state index in [4.69, 9.17) is 9.47 Å². The van der Waals surface area contributed by atoms with Gasteiger partial charge in [0, 0.05) is 5.56 Å². The van der Waals surface area contributed by atoms with Gasteiger partial charge in [-0.15, -0.1) is 0 Å². The summed E-state index contributed by atoms with van der Waals surface area (Å²) in [5, 5.41) is 0.924. The zero-order valence-corrected chi connectivity index (χ0v) is 12.6. The molecule has 1 aliphatic carbocycles. The van der Waals surface area contributed by atoms with Gasteiger partial charge >= 0.3 is 5.97 Å². The monoisotopic (exact) mass is 291 g/mol. The average molecular weight is 291 g/mol. The van der Waals surface area contributed by atoms with Crippen LogP contribution in [0.1, 0.15) is 18.9 Å². The number of carbonyl (C=O) groups is 1. The Balaban J connectivity index is 1.89. The second kappa shape index (κ2) is 4.81. The Morgan fingerprint density at radius 1 is 1.35 bits per heavy atom. The van der Waals surface area contributed by atoms with Crippen molar-refractivity contribution in [2.24, 2.45) is 10.9 Å². The van der Waals surface area contributed by atoms with Gasteiger partial charge in [-0.25, -0.2) is 4.79 Å². The molecule has 1 heterocycles. The molecule has 1 aromatic rings. The summed E-state index contributed by atoms with van der Waals surface area (Å²) in [5.74, 6) is 1.08. The summed E-state index contributed by atoms with van der Waals surface area (Å²) in [6.07, 6.45) is 1.01. The lowest BCUT2D eigenvalue weighted by atomic mass is 10.1. The molecular weight excluding hydrogens is 274 g/mol. The van der Waals surface area contributed by atoms with E-state index < -0.39 is 0 Å². The van der Waals surface area contributed by atoms with E-state index >= 15 is 0 Å². The number of methoxy groups -OCH3 is 2. The van der Waals surface area contributed by atoms with Crippen LogP contribution in [0.2, 0.25) is 0 Å². The standard InChI is InChI=1S/C15H17NO3S/c1-9-8-15(9)12(14(17)19-3)16-13(20-15)10-4-6-11(18-2)7-5-10/h4-7,9,12H,8H2,1-3H3. The summed E-state index contributed by atoms with van der Waals surface area (Å²) < 4.78 is 9.98. The molecule has 0 amide bonds. The van der Waals surface area contributed by atoms with Crippen LogP contribution in [0.5, 0.6) is 5.75 Å². The second-order valence-corrected chi connectivity index (χ2v) is 6.60. The molecule has 3 rings (SSSR count). The van der Waals surface area contributed by atoms with Crippen molar-refractivity contribution in [1.82, 2.24) is 0 Å². The summed E-state index contributed by atoms with van der Waals surface area (Å²) in [7, 11) is 3.07. The van der Waals surface area contributed by atoms with E-state index in [1.54, 1.807) is 18.9 Å². The number of thioether (sulfide) groups is 1. The Morgan fingerprint density at radius 3 is 2.50 bits per heavy atom. The Kier molecular flexibility index (Phi) is 3.24. The molecule has 4 nitrogen and oxygen atoms in total. The number of benzene rings is 1.